The zero-order valence-corrected chi connectivity index (χ0v) is 19.1. The fraction of sp³-hybridized carbons (Fsp3) is 0.250. The number of amides is 1. The van der Waals surface area contributed by atoms with E-state index in [-0.39, 0.29) is 11.8 Å². The molecule has 3 aromatic rings. The number of aryl methyl sites for hydroxylation is 1. The third-order valence-corrected chi connectivity index (χ3v) is 5.13. The number of benzene rings is 1. The van der Waals surface area contributed by atoms with Gasteiger partial charge in [-0.25, -0.2) is 4.98 Å². The molecule has 0 bridgehead atoms. The highest BCUT2D eigenvalue weighted by molar-refractivity contribution is 9.09. The molecule has 0 saturated carbocycles. The van der Waals surface area contributed by atoms with Crippen LogP contribution in [-0.4, -0.2) is 49.7 Å². The Balaban J connectivity index is 1.70. The number of carbonyl (C=O) groups is 2. The molecule has 0 radical (unpaired) electrons. The quantitative estimate of drug-likeness (QED) is 0.457. The molecule has 7 nitrogen and oxygen atoms in total. The summed E-state index contributed by atoms with van der Waals surface area (Å²) in [5.41, 5.74) is 2.63. The highest BCUT2D eigenvalue weighted by Gasteiger charge is 2.15. The van der Waals surface area contributed by atoms with Crippen LogP contribution in [0.5, 0.6) is 0 Å². The van der Waals surface area contributed by atoms with Gasteiger partial charge in [-0.15, -0.1) is 0 Å². The van der Waals surface area contributed by atoms with Gasteiger partial charge >= 0.3 is 0 Å². The minimum Gasteiger partial charge on any atom is -0.370 e. The zero-order valence-electron chi connectivity index (χ0n) is 15.9. The van der Waals surface area contributed by atoms with Crippen molar-refractivity contribution in [2.24, 2.45) is 7.05 Å². The lowest BCUT2D eigenvalue weighted by molar-refractivity contribution is 0.0950. The van der Waals surface area contributed by atoms with Gasteiger partial charge in [-0.3, -0.25) is 14.2 Å². The molecule has 0 spiro atoms. The van der Waals surface area contributed by atoms with Crippen LogP contribution in [0.3, 0.4) is 0 Å². The summed E-state index contributed by atoms with van der Waals surface area (Å²) in [7, 11) is 1.76. The number of halogens is 2. The van der Waals surface area contributed by atoms with Gasteiger partial charge in [-0.2, -0.15) is 0 Å². The predicted octanol–water partition coefficient (Wildman–Crippen LogP) is 3.76. The van der Waals surface area contributed by atoms with E-state index in [0.29, 0.717) is 16.9 Å². The molecule has 1 amide bonds. The summed E-state index contributed by atoms with van der Waals surface area (Å²) < 4.78 is 3.07. The van der Waals surface area contributed by atoms with Crippen LogP contribution in [-0.2, 0) is 7.05 Å². The second-order valence-corrected chi connectivity index (χ2v) is 7.95. The van der Waals surface area contributed by atoms with Crippen molar-refractivity contribution >= 4 is 55.0 Å². The Labute approximate surface area is 186 Å². The van der Waals surface area contributed by atoms with Crippen molar-refractivity contribution in [2.45, 2.75) is 0 Å². The Hall–Kier alpha value is -2.39. The lowest BCUT2D eigenvalue weighted by atomic mass is 10.1. The van der Waals surface area contributed by atoms with Gasteiger partial charge in [0.15, 0.2) is 0 Å². The second-order valence-electron chi connectivity index (χ2n) is 6.37. The van der Waals surface area contributed by atoms with Gasteiger partial charge in [0.1, 0.15) is 12.0 Å². The maximum absolute atomic E-state index is 12.6. The summed E-state index contributed by atoms with van der Waals surface area (Å²) in [6.07, 6.45) is 6.29. The second kappa shape index (κ2) is 9.89. The van der Waals surface area contributed by atoms with E-state index in [4.69, 9.17) is 0 Å². The summed E-state index contributed by atoms with van der Waals surface area (Å²) >= 11 is 6.94. The molecule has 0 saturated heterocycles. The monoisotopic (exact) mass is 521 g/mol. The van der Waals surface area contributed by atoms with Crippen molar-refractivity contribution in [3.8, 4) is 0 Å². The molecule has 9 heteroatoms. The standard InChI is InChI=1S/C20H21Br2N5O2/c1-25-13-16(12-18(25)20(29)27-11-8-23-14-27)24-19(28)15-2-4-17(5-3-15)26(9-6-21)10-7-22/h2-5,8,11-14H,6-7,9-10H2,1H3,(H,24,28). The van der Waals surface area contributed by atoms with Gasteiger partial charge in [0, 0.05) is 60.6 Å². The summed E-state index contributed by atoms with van der Waals surface area (Å²) in [6.45, 7) is 1.77. The molecule has 3 rings (SSSR count). The van der Waals surface area contributed by atoms with Crippen molar-refractivity contribution in [2.75, 3.05) is 34.0 Å². The molecule has 0 unspecified atom stereocenters. The SMILES string of the molecule is Cn1cc(NC(=O)c2ccc(N(CCBr)CCBr)cc2)cc1C(=O)n1ccnc1. The van der Waals surface area contributed by atoms with Crippen molar-refractivity contribution in [1.82, 2.24) is 14.1 Å². The van der Waals surface area contributed by atoms with E-state index < -0.39 is 0 Å². The number of nitrogens with zero attached hydrogens (tertiary/aromatic N) is 4. The summed E-state index contributed by atoms with van der Waals surface area (Å²) in [5, 5.41) is 4.60. The van der Waals surface area contributed by atoms with E-state index in [1.165, 1.54) is 10.9 Å². The Bertz CT molecular complexity index is 961. The lowest BCUT2D eigenvalue weighted by Crippen LogP contribution is -2.27. The summed E-state index contributed by atoms with van der Waals surface area (Å²) in [6, 6.07) is 9.15. The van der Waals surface area contributed by atoms with Crippen LogP contribution in [0.4, 0.5) is 11.4 Å². The third kappa shape index (κ3) is 5.16. The number of imidazole rings is 1. The lowest BCUT2D eigenvalue weighted by Gasteiger charge is -2.23. The molecule has 0 aliphatic heterocycles. The minimum atomic E-state index is -0.226. The van der Waals surface area contributed by atoms with Crippen molar-refractivity contribution in [3.05, 3.63) is 66.5 Å². The van der Waals surface area contributed by atoms with Gasteiger partial charge in [0.2, 0.25) is 0 Å². The molecule has 1 aromatic carbocycles. The fourth-order valence-corrected chi connectivity index (χ4v) is 3.81. The maximum Gasteiger partial charge on any atom is 0.279 e. The van der Waals surface area contributed by atoms with Crippen LogP contribution in [0.25, 0.3) is 0 Å². The molecular weight excluding hydrogens is 502 g/mol. The molecule has 1 N–H and O–H groups in total. The van der Waals surface area contributed by atoms with Gasteiger partial charge in [-0.1, -0.05) is 31.9 Å². The predicted molar refractivity (Wildman–Crippen MR) is 122 cm³/mol. The molecule has 0 aliphatic carbocycles. The van der Waals surface area contributed by atoms with E-state index in [1.807, 2.05) is 12.1 Å². The van der Waals surface area contributed by atoms with Crippen LogP contribution in [0.2, 0.25) is 0 Å². The van der Waals surface area contributed by atoms with E-state index in [2.05, 4.69) is 47.1 Å². The average Bonchev–Trinajstić information content (AvgIpc) is 3.37. The number of hydrogen-bond donors (Lipinski definition) is 1. The van der Waals surface area contributed by atoms with Crippen molar-refractivity contribution < 1.29 is 9.59 Å². The first-order valence-corrected chi connectivity index (χ1v) is 11.2. The summed E-state index contributed by atoms with van der Waals surface area (Å²) in [4.78, 5) is 31.2. The molecule has 0 atom stereocenters. The van der Waals surface area contributed by atoms with Gasteiger partial charge < -0.3 is 14.8 Å². The minimum absolute atomic E-state index is 0.214. The van der Waals surface area contributed by atoms with E-state index in [1.54, 1.807) is 48.4 Å². The first-order valence-electron chi connectivity index (χ1n) is 9.00. The highest BCUT2D eigenvalue weighted by atomic mass is 79.9. The zero-order chi connectivity index (χ0) is 20.8. The van der Waals surface area contributed by atoms with Crippen molar-refractivity contribution in [1.29, 1.82) is 0 Å². The first-order chi connectivity index (χ1) is 14.0. The largest absolute Gasteiger partial charge is 0.370 e. The number of anilines is 2. The fourth-order valence-electron chi connectivity index (χ4n) is 2.96. The number of alkyl halides is 2. The third-order valence-electron chi connectivity index (χ3n) is 4.42. The van der Waals surface area contributed by atoms with E-state index in [0.717, 1.165) is 29.4 Å². The van der Waals surface area contributed by atoms with E-state index >= 15 is 0 Å². The molecule has 152 valence electrons. The number of hydrogen-bond acceptors (Lipinski definition) is 4. The Kier molecular flexibility index (Phi) is 7.27. The van der Waals surface area contributed by atoms with Crippen LogP contribution >= 0.6 is 31.9 Å². The molecule has 29 heavy (non-hydrogen) atoms. The van der Waals surface area contributed by atoms with Gasteiger partial charge in [-0.05, 0) is 30.3 Å². The van der Waals surface area contributed by atoms with Crippen LogP contribution in [0.1, 0.15) is 20.8 Å². The smallest absolute Gasteiger partial charge is 0.279 e. The Morgan fingerprint density at radius 1 is 1.14 bits per heavy atom. The van der Waals surface area contributed by atoms with Gasteiger partial charge in [0.25, 0.3) is 11.8 Å². The highest BCUT2D eigenvalue weighted by Crippen LogP contribution is 2.19. The topological polar surface area (TPSA) is 72.2 Å². The normalized spacial score (nSPS) is 10.7. The van der Waals surface area contributed by atoms with E-state index in [9.17, 15) is 9.59 Å². The van der Waals surface area contributed by atoms with Gasteiger partial charge in [0.05, 0.1) is 5.69 Å². The number of aromatic nitrogens is 3. The molecule has 2 heterocycles. The van der Waals surface area contributed by atoms with Crippen molar-refractivity contribution in [3.63, 3.8) is 0 Å². The van der Waals surface area contributed by atoms with Crippen LogP contribution in [0.15, 0.2) is 55.2 Å². The maximum atomic E-state index is 12.6. The van der Waals surface area contributed by atoms with Crippen LogP contribution < -0.4 is 10.2 Å². The number of nitrogens with one attached hydrogen (secondary N) is 1. The summed E-state index contributed by atoms with van der Waals surface area (Å²) in [5.74, 6) is -0.440. The molecule has 0 aliphatic rings. The Morgan fingerprint density at radius 3 is 2.41 bits per heavy atom. The molecular formula is C20H21Br2N5O2. The first kappa shape index (κ1) is 21.3. The molecule has 2 aromatic heterocycles. The Morgan fingerprint density at radius 2 is 1.83 bits per heavy atom. The number of rotatable bonds is 8. The number of carbonyl (C=O) groups excluding carboxylic acids is 2. The average molecular weight is 523 g/mol. The molecule has 0 fully saturated rings. The van der Waals surface area contributed by atoms with Crippen LogP contribution in [0, 0.1) is 0 Å².